The molecular weight excluding hydrogens is 241 g/mol. The van der Waals surface area contributed by atoms with Gasteiger partial charge >= 0.3 is 6.18 Å². The molecular formula is C13H17F3N2. The Morgan fingerprint density at radius 1 is 1.28 bits per heavy atom. The monoisotopic (exact) mass is 258 g/mol. The molecule has 0 spiro atoms. The van der Waals surface area contributed by atoms with E-state index in [1.807, 2.05) is 36.1 Å². The second-order valence-corrected chi connectivity index (χ2v) is 4.68. The number of nitrogens with one attached hydrogen (secondary N) is 1. The van der Waals surface area contributed by atoms with E-state index in [1.165, 1.54) is 0 Å². The van der Waals surface area contributed by atoms with Crippen molar-refractivity contribution in [3.63, 3.8) is 0 Å². The van der Waals surface area contributed by atoms with Crippen LogP contribution in [0.25, 0.3) is 0 Å². The van der Waals surface area contributed by atoms with Gasteiger partial charge in [-0.2, -0.15) is 13.2 Å². The maximum Gasteiger partial charge on any atom is 0.394 e. The van der Waals surface area contributed by atoms with E-state index in [1.54, 1.807) is 0 Å². The molecule has 1 aromatic rings. The zero-order valence-electron chi connectivity index (χ0n) is 10.3. The van der Waals surface area contributed by atoms with Crippen LogP contribution in [0.4, 0.5) is 18.9 Å². The summed E-state index contributed by atoms with van der Waals surface area (Å²) < 4.78 is 38.5. The first-order chi connectivity index (χ1) is 8.48. The first-order valence-electron chi connectivity index (χ1n) is 6.06. The number of alkyl halides is 3. The molecule has 1 aliphatic rings. The molecule has 1 aromatic carbocycles. The summed E-state index contributed by atoms with van der Waals surface area (Å²) in [6.45, 7) is 3.15. The zero-order valence-corrected chi connectivity index (χ0v) is 10.3. The second kappa shape index (κ2) is 5.18. The van der Waals surface area contributed by atoms with Crippen LogP contribution < -0.4 is 10.2 Å². The number of nitrogens with zero attached hydrogens (tertiary/aromatic N) is 1. The molecule has 2 nitrogen and oxygen atoms in total. The van der Waals surface area contributed by atoms with Gasteiger partial charge in [-0.15, -0.1) is 0 Å². The summed E-state index contributed by atoms with van der Waals surface area (Å²) in [5, 5.41) is 2.86. The fourth-order valence-corrected chi connectivity index (χ4v) is 2.27. The third kappa shape index (κ3) is 2.96. The smallest absolute Gasteiger partial charge is 0.369 e. The van der Waals surface area contributed by atoms with Crippen LogP contribution in [0, 0.1) is 12.8 Å². The summed E-state index contributed by atoms with van der Waals surface area (Å²) in [4.78, 5) is 1.83. The molecule has 0 bridgehead atoms. The molecule has 0 amide bonds. The van der Waals surface area contributed by atoms with E-state index >= 15 is 0 Å². The summed E-state index contributed by atoms with van der Waals surface area (Å²) >= 11 is 0. The van der Waals surface area contributed by atoms with Crippen molar-refractivity contribution >= 4 is 5.69 Å². The number of aryl methyl sites for hydroxylation is 1. The van der Waals surface area contributed by atoms with Gasteiger partial charge < -0.3 is 10.2 Å². The Kier molecular flexibility index (Phi) is 3.80. The predicted octanol–water partition coefficient (Wildman–Crippen LogP) is 2.58. The van der Waals surface area contributed by atoms with Crippen LogP contribution in [0.1, 0.15) is 5.56 Å². The van der Waals surface area contributed by atoms with Gasteiger partial charge in [0.05, 0.1) is 5.92 Å². The van der Waals surface area contributed by atoms with Crippen molar-refractivity contribution in [2.75, 3.05) is 31.1 Å². The van der Waals surface area contributed by atoms with Crippen molar-refractivity contribution in [1.82, 2.24) is 5.32 Å². The fourth-order valence-electron chi connectivity index (χ4n) is 2.27. The molecule has 1 unspecified atom stereocenters. The van der Waals surface area contributed by atoms with Gasteiger partial charge in [-0.05, 0) is 18.6 Å². The van der Waals surface area contributed by atoms with Crippen molar-refractivity contribution in [3.05, 3.63) is 29.8 Å². The highest BCUT2D eigenvalue weighted by Gasteiger charge is 2.41. The van der Waals surface area contributed by atoms with Gasteiger partial charge in [-0.3, -0.25) is 0 Å². The average Bonchev–Trinajstić information content (AvgIpc) is 2.54. The summed E-state index contributed by atoms with van der Waals surface area (Å²) in [5.41, 5.74) is 1.91. The Labute approximate surface area is 105 Å². The lowest BCUT2D eigenvalue weighted by Gasteiger charge is -2.28. The Hall–Kier alpha value is -1.23. The lowest BCUT2D eigenvalue weighted by molar-refractivity contribution is -0.169. The second-order valence-electron chi connectivity index (χ2n) is 4.68. The molecule has 1 N–H and O–H groups in total. The first-order valence-corrected chi connectivity index (χ1v) is 6.06. The molecule has 0 aliphatic carbocycles. The third-order valence-corrected chi connectivity index (χ3v) is 3.31. The molecule has 0 aromatic heterocycles. The van der Waals surface area contributed by atoms with Crippen LogP contribution in [0.15, 0.2) is 24.3 Å². The van der Waals surface area contributed by atoms with Gasteiger partial charge in [0.25, 0.3) is 0 Å². The molecule has 0 saturated carbocycles. The number of para-hydroxylation sites is 1. The maximum absolute atomic E-state index is 12.8. The number of anilines is 1. The molecule has 18 heavy (non-hydrogen) atoms. The Morgan fingerprint density at radius 2 is 2.00 bits per heavy atom. The molecule has 5 heteroatoms. The molecule has 0 radical (unpaired) electrons. The quantitative estimate of drug-likeness (QED) is 0.833. The molecule has 1 aliphatic heterocycles. The number of rotatable bonds is 1. The van der Waals surface area contributed by atoms with Crippen molar-refractivity contribution in [3.8, 4) is 0 Å². The van der Waals surface area contributed by atoms with Gasteiger partial charge in [-0.1, -0.05) is 18.2 Å². The van der Waals surface area contributed by atoms with Crippen molar-refractivity contribution in [2.45, 2.75) is 13.1 Å². The number of halogens is 3. The van der Waals surface area contributed by atoms with E-state index in [4.69, 9.17) is 0 Å². The van der Waals surface area contributed by atoms with Gasteiger partial charge in [0.15, 0.2) is 0 Å². The van der Waals surface area contributed by atoms with Crippen LogP contribution >= 0.6 is 0 Å². The van der Waals surface area contributed by atoms with Crippen molar-refractivity contribution in [1.29, 1.82) is 0 Å². The molecule has 1 saturated heterocycles. The van der Waals surface area contributed by atoms with Crippen LogP contribution in [-0.2, 0) is 0 Å². The van der Waals surface area contributed by atoms with Crippen LogP contribution in [-0.4, -0.2) is 32.4 Å². The van der Waals surface area contributed by atoms with Gasteiger partial charge in [-0.25, -0.2) is 0 Å². The van der Waals surface area contributed by atoms with Crippen molar-refractivity contribution in [2.24, 2.45) is 5.92 Å². The number of hydrogen-bond donors (Lipinski definition) is 1. The Balaban J connectivity index is 2.20. The fraction of sp³-hybridized carbons (Fsp3) is 0.538. The number of benzene rings is 1. The van der Waals surface area contributed by atoms with E-state index in [2.05, 4.69) is 5.32 Å². The Bertz CT molecular complexity index is 403. The molecule has 2 rings (SSSR count). The summed E-state index contributed by atoms with van der Waals surface area (Å²) in [5.74, 6) is -1.31. The van der Waals surface area contributed by atoms with E-state index in [9.17, 15) is 13.2 Å². The molecule has 1 heterocycles. The summed E-state index contributed by atoms with van der Waals surface area (Å²) in [6, 6.07) is 7.57. The highest BCUT2D eigenvalue weighted by atomic mass is 19.4. The molecule has 1 atom stereocenters. The zero-order chi connectivity index (χ0) is 13.2. The Morgan fingerprint density at radius 3 is 2.67 bits per heavy atom. The summed E-state index contributed by atoms with van der Waals surface area (Å²) in [7, 11) is 0. The molecule has 100 valence electrons. The topological polar surface area (TPSA) is 15.3 Å². The maximum atomic E-state index is 12.8. The summed E-state index contributed by atoms with van der Waals surface area (Å²) in [6.07, 6.45) is -4.14. The van der Waals surface area contributed by atoms with Gasteiger partial charge in [0.1, 0.15) is 0 Å². The normalized spacial score (nSPS) is 21.8. The first kappa shape index (κ1) is 13.2. The highest BCUT2D eigenvalue weighted by Crippen LogP contribution is 2.30. The van der Waals surface area contributed by atoms with Crippen LogP contribution in [0.3, 0.4) is 0 Å². The standard InChI is InChI=1S/C13H17F3N2/c1-10-4-2-3-5-12(10)18-7-6-17-8-11(9-18)13(14,15)16/h2-5,11,17H,6-9H2,1H3. The van der Waals surface area contributed by atoms with Gasteiger partial charge in [0, 0.05) is 31.9 Å². The predicted molar refractivity (Wildman–Crippen MR) is 65.8 cm³/mol. The minimum Gasteiger partial charge on any atom is -0.369 e. The largest absolute Gasteiger partial charge is 0.394 e. The van der Waals surface area contributed by atoms with E-state index < -0.39 is 12.1 Å². The average molecular weight is 258 g/mol. The third-order valence-electron chi connectivity index (χ3n) is 3.31. The SMILES string of the molecule is Cc1ccccc1N1CCNCC(C(F)(F)F)C1. The lowest BCUT2D eigenvalue weighted by atomic mass is 10.1. The van der Waals surface area contributed by atoms with Crippen LogP contribution in [0.5, 0.6) is 0 Å². The minimum atomic E-state index is -4.14. The van der Waals surface area contributed by atoms with Gasteiger partial charge in [0.2, 0.25) is 0 Å². The number of hydrogen-bond acceptors (Lipinski definition) is 2. The molecule has 1 fully saturated rings. The van der Waals surface area contributed by atoms with E-state index in [0.717, 1.165) is 11.3 Å². The highest BCUT2D eigenvalue weighted by molar-refractivity contribution is 5.53. The van der Waals surface area contributed by atoms with E-state index in [-0.39, 0.29) is 13.1 Å². The van der Waals surface area contributed by atoms with Crippen LogP contribution in [0.2, 0.25) is 0 Å². The van der Waals surface area contributed by atoms with E-state index in [0.29, 0.717) is 13.1 Å². The van der Waals surface area contributed by atoms with Crippen molar-refractivity contribution < 1.29 is 13.2 Å². The minimum absolute atomic E-state index is 0.00583. The lowest BCUT2D eigenvalue weighted by Crippen LogP contribution is -2.38.